The number of carbonyl (C=O) groups is 1. The summed E-state index contributed by atoms with van der Waals surface area (Å²) in [6.45, 7) is 1.33. The van der Waals surface area contributed by atoms with Gasteiger partial charge in [-0.1, -0.05) is 30.3 Å². The van der Waals surface area contributed by atoms with Crippen LogP contribution in [0.15, 0.2) is 64.4 Å². The zero-order valence-corrected chi connectivity index (χ0v) is 24.0. The number of anilines is 1. The standard InChI is InChI=1S/C20H24FN3O4.C10H8O3S/c1-22-11-4-3-7-23(9-11)17-15(21)8-13-16(19(17)28-2)24(12-5-6-12)10-14(18(13)25)20(26)27;11-14(12,13)10-6-5-8-3-1-2-4-9(8)7-10/h8,10-12,22H,3-7,9H2,1-2H3,(H,26,27);1-7H,(H,11,12,13). The van der Waals surface area contributed by atoms with Gasteiger partial charge in [0.15, 0.2) is 11.6 Å². The molecule has 4 aromatic rings. The molecule has 1 aromatic heterocycles. The summed E-state index contributed by atoms with van der Waals surface area (Å²) in [5.74, 6) is -1.58. The zero-order chi connectivity index (χ0) is 30.2. The molecule has 1 saturated heterocycles. The molecular weight excluding hydrogens is 565 g/mol. The van der Waals surface area contributed by atoms with Crippen molar-refractivity contribution in [1.29, 1.82) is 0 Å². The van der Waals surface area contributed by atoms with Crippen LogP contribution in [-0.2, 0) is 10.1 Å². The van der Waals surface area contributed by atoms with Gasteiger partial charge in [0.25, 0.3) is 10.1 Å². The molecule has 1 unspecified atom stereocenters. The topological polar surface area (TPSA) is 138 Å². The van der Waals surface area contributed by atoms with Crippen LogP contribution in [0, 0.1) is 5.82 Å². The van der Waals surface area contributed by atoms with Crippen molar-refractivity contribution in [2.24, 2.45) is 0 Å². The Labute approximate surface area is 242 Å². The van der Waals surface area contributed by atoms with Crippen LogP contribution in [0.3, 0.4) is 0 Å². The maximum Gasteiger partial charge on any atom is 0.341 e. The summed E-state index contributed by atoms with van der Waals surface area (Å²) in [5.41, 5.74) is -0.216. The van der Waals surface area contributed by atoms with Gasteiger partial charge in [0, 0.05) is 31.4 Å². The lowest BCUT2D eigenvalue weighted by Crippen LogP contribution is -2.45. The molecule has 1 atom stereocenters. The molecule has 1 saturated carbocycles. The van der Waals surface area contributed by atoms with Crippen molar-refractivity contribution in [3.05, 3.63) is 76.3 Å². The lowest BCUT2D eigenvalue weighted by molar-refractivity contribution is 0.0694. The van der Waals surface area contributed by atoms with Crippen LogP contribution in [0.2, 0.25) is 0 Å². The van der Waals surface area contributed by atoms with Crippen LogP contribution in [-0.4, -0.2) is 61.9 Å². The minimum atomic E-state index is -4.09. The van der Waals surface area contributed by atoms with E-state index >= 15 is 4.39 Å². The fourth-order valence-corrected chi connectivity index (χ4v) is 5.98. The first kappa shape index (κ1) is 29.5. The monoisotopic (exact) mass is 597 g/mol. The van der Waals surface area contributed by atoms with Crippen molar-refractivity contribution in [3.8, 4) is 5.75 Å². The Morgan fingerprint density at radius 3 is 2.43 bits per heavy atom. The first-order chi connectivity index (χ1) is 20.0. The summed E-state index contributed by atoms with van der Waals surface area (Å²) in [6.07, 6.45) is 5.08. The number of nitrogens with zero attached hydrogens (tertiary/aromatic N) is 2. The number of ether oxygens (including phenoxy) is 1. The predicted molar refractivity (Wildman–Crippen MR) is 158 cm³/mol. The maximum atomic E-state index is 15.2. The summed E-state index contributed by atoms with van der Waals surface area (Å²) in [6, 6.07) is 13.4. The molecule has 0 spiro atoms. The fraction of sp³-hybridized carbons (Fsp3) is 0.333. The number of hydrogen-bond acceptors (Lipinski definition) is 7. The van der Waals surface area contributed by atoms with E-state index in [1.165, 1.54) is 31.5 Å². The van der Waals surface area contributed by atoms with E-state index in [1.807, 2.05) is 30.1 Å². The van der Waals surface area contributed by atoms with E-state index in [0.29, 0.717) is 30.0 Å². The molecular formula is C30H32FN3O7S. The number of rotatable bonds is 6. The molecule has 1 aliphatic heterocycles. The first-order valence-corrected chi connectivity index (χ1v) is 15.0. The number of halogens is 1. The van der Waals surface area contributed by atoms with E-state index in [1.54, 1.807) is 16.7 Å². The lowest BCUT2D eigenvalue weighted by atomic mass is 10.0. The number of fused-ring (bicyclic) bond motifs is 2. The third-order valence-electron chi connectivity index (χ3n) is 7.74. The molecule has 3 aromatic carbocycles. The van der Waals surface area contributed by atoms with Crippen LogP contribution in [0.4, 0.5) is 10.1 Å². The minimum absolute atomic E-state index is 0.0482. The predicted octanol–water partition coefficient (Wildman–Crippen LogP) is 4.46. The van der Waals surface area contributed by atoms with Gasteiger partial charge < -0.3 is 24.6 Å². The molecule has 42 heavy (non-hydrogen) atoms. The average molecular weight is 598 g/mol. The van der Waals surface area contributed by atoms with Gasteiger partial charge in [-0.2, -0.15) is 8.42 Å². The molecule has 0 bridgehead atoms. The molecule has 0 radical (unpaired) electrons. The van der Waals surface area contributed by atoms with Crippen molar-refractivity contribution < 1.29 is 32.0 Å². The minimum Gasteiger partial charge on any atom is -0.492 e. The number of carboxylic acid groups (broad SMARTS) is 1. The number of carboxylic acids is 1. The number of aromatic nitrogens is 1. The van der Waals surface area contributed by atoms with Gasteiger partial charge in [-0.05, 0) is 61.7 Å². The summed E-state index contributed by atoms with van der Waals surface area (Å²) < 4.78 is 53.1. The number of piperidine rings is 1. The third-order valence-corrected chi connectivity index (χ3v) is 8.59. The SMILES string of the molecule is CNC1CCCN(c2c(F)cc3c(=O)c(C(=O)O)cn(C4CC4)c3c2OC)C1.O=S(=O)(O)c1ccc2ccccc2c1. The van der Waals surface area contributed by atoms with Crippen molar-refractivity contribution in [3.63, 3.8) is 0 Å². The number of methoxy groups -OCH3 is 1. The molecule has 0 amide bonds. The number of nitrogens with one attached hydrogen (secondary N) is 1. The highest BCUT2D eigenvalue weighted by molar-refractivity contribution is 7.85. The van der Waals surface area contributed by atoms with Gasteiger partial charge in [-0.3, -0.25) is 9.35 Å². The zero-order valence-electron chi connectivity index (χ0n) is 23.2. The molecule has 3 N–H and O–H groups in total. The Hall–Kier alpha value is -4.00. The van der Waals surface area contributed by atoms with Crippen molar-refractivity contribution in [1.82, 2.24) is 9.88 Å². The number of hydrogen-bond donors (Lipinski definition) is 3. The quantitative estimate of drug-likeness (QED) is 0.275. The molecule has 222 valence electrons. The van der Waals surface area contributed by atoms with Gasteiger partial charge in [-0.15, -0.1) is 0 Å². The van der Waals surface area contributed by atoms with E-state index in [0.717, 1.165) is 36.5 Å². The van der Waals surface area contributed by atoms with Crippen molar-refractivity contribution in [2.45, 2.75) is 42.7 Å². The van der Waals surface area contributed by atoms with Crippen LogP contribution in [0.25, 0.3) is 21.7 Å². The van der Waals surface area contributed by atoms with Gasteiger partial charge in [0.1, 0.15) is 11.3 Å². The summed E-state index contributed by atoms with van der Waals surface area (Å²) in [5, 5.41) is 14.4. The average Bonchev–Trinajstić information content (AvgIpc) is 3.82. The Balaban J connectivity index is 0.000000211. The second kappa shape index (κ2) is 11.7. The Morgan fingerprint density at radius 1 is 1.10 bits per heavy atom. The second-order valence-corrected chi connectivity index (χ2v) is 11.9. The molecule has 2 aliphatic rings. The van der Waals surface area contributed by atoms with Crippen molar-refractivity contribution >= 4 is 43.5 Å². The largest absolute Gasteiger partial charge is 0.492 e. The van der Waals surface area contributed by atoms with Crippen molar-refractivity contribution in [2.75, 3.05) is 32.1 Å². The van der Waals surface area contributed by atoms with E-state index in [9.17, 15) is 23.1 Å². The second-order valence-electron chi connectivity index (χ2n) is 10.5. The van der Waals surface area contributed by atoms with E-state index in [2.05, 4.69) is 5.32 Å². The fourth-order valence-electron chi connectivity index (χ4n) is 5.47. The number of aromatic carboxylic acids is 1. The summed E-state index contributed by atoms with van der Waals surface area (Å²) in [7, 11) is -0.743. The molecule has 2 fully saturated rings. The molecule has 1 aliphatic carbocycles. The summed E-state index contributed by atoms with van der Waals surface area (Å²) >= 11 is 0. The maximum absolute atomic E-state index is 15.2. The number of pyridine rings is 1. The van der Waals surface area contributed by atoms with E-state index in [4.69, 9.17) is 9.29 Å². The number of benzene rings is 3. The first-order valence-electron chi connectivity index (χ1n) is 13.6. The van der Waals surface area contributed by atoms with Gasteiger partial charge in [0.2, 0.25) is 5.43 Å². The van der Waals surface area contributed by atoms with Crippen LogP contribution in [0.5, 0.6) is 5.75 Å². The number of likely N-dealkylation sites (N-methyl/N-ethyl adjacent to an activating group) is 1. The summed E-state index contributed by atoms with van der Waals surface area (Å²) in [4.78, 5) is 26.1. The van der Waals surface area contributed by atoms with Gasteiger partial charge >= 0.3 is 5.97 Å². The van der Waals surface area contributed by atoms with Crippen LogP contribution < -0.4 is 20.4 Å². The molecule has 6 rings (SSSR count). The van der Waals surface area contributed by atoms with Gasteiger partial charge in [-0.25, -0.2) is 9.18 Å². The highest BCUT2D eigenvalue weighted by atomic mass is 32.2. The lowest BCUT2D eigenvalue weighted by Gasteiger charge is -2.35. The molecule has 12 heteroatoms. The van der Waals surface area contributed by atoms with E-state index < -0.39 is 27.3 Å². The Kier molecular flexibility index (Phi) is 8.22. The highest BCUT2D eigenvalue weighted by Gasteiger charge is 2.32. The van der Waals surface area contributed by atoms with Gasteiger partial charge in [0.05, 0.1) is 22.9 Å². The highest BCUT2D eigenvalue weighted by Crippen LogP contribution is 2.44. The van der Waals surface area contributed by atoms with E-state index in [-0.39, 0.29) is 27.9 Å². The normalized spacial score (nSPS) is 17.1. The third kappa shape index (κ3) is 5.83. The van der Waals surface area contributed by atoms with Crippen LogP contribution >= 0.6 is 0 Å². The molecule has 2 heterocycles. The smallest absolute Gasteiger partial charge is 0.341 e. The van der Waals surface area contributed by atoms with Crippen LogP contribution in [0.1, 0.15) is 42.1 Å². The molecule has 10 nitrogen and oxygen atoms in total. The Morgan fingerprint density at radius 2 is 1.81 bits per heavy atom. The Bertz CT molecular complexity index is 1840.